The minimum atomic E-state index is -0.614. The zero-order chi connectivity index (χ0) is 17.3. The fourth-order valence-electron chi connectivity index (χ4n) is 2.30. The van der Waals surface area contributed by atoms with Gasteiger partial charge in [-0.3, -0.25) is 0 Å². The van der Waals surface area contributed by atoms with Crippen LogP contribution >= 0.6 is 0 Å². The van der Waals surface area contributed by atoms with Gasteiger partial charge < -0.3 is 9.47 Å². The van der Waals surface area contributed by atoms with Crippen LogP contribution < -0.4 is 0 Å². The Kier molecular flexibility index (Phi) is 5.36. The van der Waals surface area contributed by atoms with E-state index in [2.05, 4.69) is 0 Å². The molecule has 0 aliphatic carbocycles. The Labute approximate surface area is 133 Å². The number of nitrogens with zero attached hydrogens (tertiary/aromatic N) is 2. The summed E-state index contributed by atoms with van der Waals surface area (Å²) in [5.74, 6) is 0. The first-order valence-electron chi connectivity index (χ1n) is 7.86. The predicted octanol–water partition coefficient (Wildman–Crippen LogP) is 3.95. The quantitative estimate of drug-likeness (QED) is 0.679. The Morgan fingerprint density at radius 3 is 1.27 bits per heavy atom. The van der Waals surface area contributed by atoms with Crippen molar-refractivity contribution in [3.05, 3.63) is 0 Å². The number of hydrogen-bond donors (Lipinski definition) is 0. The number of ether oxygens (including phenoxy) is 2. The van der Waals surface area contributed by atoms with E-state index in [-0.39, 0.29) is 12.1 Å². The van der Waals surface area contributed by atoms with Crippen LogP contribution in [-0.4, -0.2) is 45.5 Å². The summed E-state index contributed by atoms with van der Waals surface area (Å²) in [5.41, 5.74) is -1.23. The molecule has 22 heavy (non-hydrogen) atoms. The molecule has 0 saturated carbocycles. The largest absolute Gasteiger partial charge is 0.442 e. The minimum Gasteiger partial charge on any atom is -0.442 e. The molecule has 0 aromatic carbocycles. The van der Waals surface area contributed by atoms with Crippen LogP contribution in [0.15, 0.2) is 0 Å². The van der Waals surface area contributed by atoms with Crippen molar-refractivity contribution < 1.29 is 19.1 Å². The predicted molar refractivity (Wildman–Crippen MR) is 84.3 cm³/mol. The number of rotatable bonds is 0. The fraction of sp³-hybridized carbons (Fsp3) is 0.875. The molecule has 2 atom stereocenters. The van der Waals surface area contributed by atoms with E-state index in [1.807, 2.05) is 13.8 Å². The second-order valence-electron chi connectivity index (χ2n) is 7.93. The van der Waals surface area contributed by atoms with Crippen LogP contribution in [0, 0.1) is 0 Å². The highest BCUT2D eigenvalue weighted by molar-refractivity contribution is 5.75. The maximum Gasteiger partial charge on any atom is 0.429 e. The third-order valence-electron chi connectivity index (χ3n) is 3.23. The highest BCUT2D eigenvalue weighted by Crippen LogP contribution is 2.27. The standard InChI is InChI=1S/C16H30N2O4/c1-11-9-10-12(2)18(14(20)22-16(6,7)8)17(11)13(19)21-15(3,4)5/h11-12H,9-10H2,1-8H3/t11-,12+. The summed E-state index contributed by atoms with van der Waals surface area (Å²) in [4.78, 5) is 25.0. The van der Waals surface area contributed by atoms with Gasteiger partial charge in [-0.25, -0.2) is 19.6 Å². The van der Waals surface area contributed by atoms with Gasteiger partial charge in [0, 0.05) is 0 Å². The minimum absolute atomic E-state index is 0.112. The number of amides is 2. The van der Waals surface area contributed by atoms with E-state index < -0.39 is 23.4 Å². The van der Waals surface area contributed by atoms with E-state index in [0.717, 1.165) is 12.8 Å². The molecule has 0 spiro atoms. The van der Waals surface area contributed by atoms with E-state index in [9.17, 15) is 9.59 Å². The highest BCUT2D eigenvalue weighted by Gasteiger charge is 2.41. The van der Waals surface area contributed by atoms with E-state index in [4.69, 9.17) is 9.47 Å². The van der Waals surface area contributed by atoms with Crippen molar-refractivity contribution in [2.24, 2.45) is 0 Å². The first-order chi connectivity index (χ1) is 9.82. The van der Waals surface area contributed by atoms with Gasteiger partial charge >= 0.3 is 12.2 Å². The van der Waals surface area contributed by atoms with Gasteiger partial charge in [-0.1, -0.05) is 0 Å². The molecule has 1 aliphatic rings. The first-order valence-corrected chi connectivity index (χ1v) is 7.86. The van der Waals surface area contributed by atoms with Crippen LogP contribution in [0.4, 0.5) is 9.59 Å². The summed E-state index contributed by atoms with van der Waals surface area (Å²) in [6.07, 6.45) is 0.606. The van der Waals surface area contributed by atoms with E-state index in [1.54, 1.807) is 41.5 Å². The molecule has 0 aromatic heterocycles. The summed E-state index contributed by atoms with van der Waals surface area (Å²) in [6.45, 7) is 14.7. The van der Waals surface area contributed by atoms with E-state index in [1.165, 1.54) is 10.0 Å². The highest BCUT2D eigenvalue weighted by atomic mass is 16.6. The van der Waals surface area contributed by atoms with Crippen LogP contribution in [-0.2, 0) is 9.47 Å². The molecule has 1 heterocycles. The third kappa shape index (κ3) is 5.07. The van der Waals surface area contributed by atoms with Crippen molar-refractivity contribution in [1.82, 2.24) is 10.0 Å². The summed E-state index contributed by atoms with van der Waals surface area (Å²) < 4.78 is 10.9. The maximum atomic E-state index is 12.5. The lowest BCUT2D eigenvalue weighted by Crippen LogP contribution is -2.61. The summed E-state index contributed by atoms with van der Waals surface area (Å²) >= 11 is 0. The fourth-order valence-corrected chi connectivity index (χ4v) is 2.30. The zero-order valence-corrected chi connectivity index (χ0v) is 15.1. The van der Waals surface area contributed by atoms with Crippen LogP contribution in [0.1, 0.15) is 68.2 Å². The molecule has 2 amide bonds. The molecule has 1 rings (SSSR count). The van der Waals surface area contributed by atoms with Gasteiger partial charge in [0.15, 0.2) is 0 Å². The van der Waals surface area contributed by atoms with Crippen molar-refractivity contribution in [2.45, 2.75) is 91.5 Å². The Bertz CT molecular complexity index is 383. The first kappa shape index (κ1) is 18.6. The Morgan fingerprint density at radius 1 is 0.773 bits per heavy atom. The van der Waals surface area contributed by atoms with Gasteiger partial charge in [-0.15, -0.1) is 0 Å². The molecule has 0 bridgehead atoms. The van der Waals surface area contributed by atoms with Crippen LogP contribution in [0.5, 0.6) is 0 Å². The van der Waals surface area contributed by atoms with Crippen molar-refractivity contribution in [2.75, 3.05) is 0 Å². The van der Waals surface area contributed by atoms with E-state index in [0.29, 0.717) is 0 Å². The van der Waals surface area contributed by atoms with Crippen LogP contribution in [0.3, 0.4) is 0 Å². The summed E-state index contributed by atoms with van der Waals surface area (Å²) in [7, 11) is 0. The van der Waals surface area contributed by atoms with Gasteiger partial charge in [-0.2, -0.15) is 0 Å². The summed E-state index contributed by atoms with van der Waals surface area (Å²) in [5, 5.41) is 2.79. The van der Waals surface area contributed by atoms with Gasteiger partial charge in [0.1, 0.15) is 11.2 Å². The molecule has 0 unspecified atom stereocenters. The lowest BCUT2D eigenvalue weighted by molar-refractivity contribution is -0.109. The maximum absolute atomic E-state index is 12.5. The topological polar surface area (TPSA) is 59.1 Å². The average Bonchev–Trinajstić information content (AvgIpc) is 2.26. The van der Waals surface area contributed by atoms with Gasteiger partial charge in [0.2, 0.25) is 0 Å². The molecule has 1 aliphatic heterocycles. The molecular weight excluding hydrogens is 284 g/mol. The molecule has 128 valence electrons. The molecule has 1 saturated heterocycles. The molecule has 0 radical (unpaired) electrons. The third-order valence-corrected chi connectivity index (χ3v) is 3.23. The number of hydrogen-bond acceptors (Lipinski definition) is 4. The van der Waals surface area contributed by atoms with Gasteiger partial charge in [0.05, 0.1) is 12.1 Å². The Hall–Kier alpha value is -1.46. The van der Waals surface area contributed by atoms with Crippen LogP contribution in [0.25, 0.3) is 0 Å². The smallest absolute Gasteiger partial charge is 0.429 e. The summed E-state index contributed by atoms with van der Waals surface area (Å²) in [6, 6.07) is -0.225. The molecular formula is C16H30N2O4. The second-order valence-corrected chi connectivity index (χ2v) is 7.93. The van der Waals surface area contributed by atoms with Crippen molar-refractivity contribution >= 4 is 12.2 Å². The lowest BCUT2D eigenvalue weighted by atomic mass is 10.0. The van der Waals surface area contributed by atoms with Crippen molar-refractivity contribution in [3.63, 3.8) is 0 Å². The Morgan fingerprint density at radius 2 is 1.05 bits per heavy atom. The van der Waals surface area contributed by atoms with E-state index >= 15 is 0 Å². The number of hydrazine groups is 1. The van der Waals surface area contributed by atoms with Crippen molar-refractivity contribution in [3.8, 4) is 0 Å². The van der Waals surface area contributed by atoms with Crippen molar-refractivity contribution in [1.29, 1.82) is 0 Å². The monoisotopic (exact) mass is 314 g/mol. The zero-order valence-electron chi connectivity index (χ0n) is 15.1. The van der Waals surface area contributed by atoms with Gasteiger partial charge in [0.25, 0.3) is 0 Å². The Balaban J connectivity index is 3.01. The van der Waals surface area contributed by atoms with Gasteiger partial charge in [-0.05, 0) is 68.2 Å². The van der Waals surface area contributed by atoms with Crippen LogP contribution in [0.2, 0.25) is 0 Å². The number of carbonyl (C=O) groups excluding carboxylic acids is 2. The molecule has 0 aromatic rings. The normalized spacial score (nSPS) is 23.3. The lowest BCUT2D eigenvalue weighted by Gasteiger charge is -2.46. The number of carbonyl (C=O) groups is 2. The molecule has 1 fully saturated rings. The SMILES string of the molecule is C[C@@H]1CC[C@H](C)N(C(=O)OC(C)(C)C)N1C(=O)OC(C)(C)C. The second kappa shape index (κ2) is 6.34. The average molecular weight is 314 g/mol. The molecule has 6 heteroatoms. The molecule has 6 nitrogen and oxygen atoms in total. The molecule has 0 N–H and O–H groups in total.